The smallest absolute Gasteiger partial charge is 0.0922 e. The lowest BCUT2D eigenvalue weighted by Gasteiger charge is -2.10. The molecule has 2 unspecified atom stereocenters. The quantitative estimate of drug-likeness (QED) is 0.455. The molecule has 0 amide bonds. The first kappa shape index (κ1) is 14.2. The molecule has 0 spiro atoms. The monoisotopic (exact) mass is 221 g/mol. The molecule has 4 heteroatoms. The van der Waals surface area contributed by atoms with E-state index >= 15 is 0 Å². The molecule has 0 fully saturated rings. The maximum atomic E-state index is 8.92. The molecule has 0 aromatic carbocycles. The van der Waals surface area contributed by atoms with Crippen molar-refractivity contribution < 1.29 is 9.84 Å². The molecule has 2 atom stereocenters. The lowest BCUT2D eigenvalue weighted by molar-refractivity contribution is 0.0694. The van der Waals surface area contributed by atoms with Gasteiger partial charge < -0.3 is 15.2 Å². The summed E-state index contributed by atoms with van der Waals surface area (Å²) in [5.74, 6) is 2.55. The van der Waals surface area contributed by atoms with E-state index in [1.807, 2.05) is 7.05 Å². The van der Waals surface area contributed by atoms with Crippen LogP contribution in [0.3, 0.4) is 0 Å². The Morgan fingerprint density at radius 2 is 2.14 bits per heavy atom. The third-order valence-electron chi connectivity index (χ3n) is 1.83. The Morgan fingerprint density at radius 1 is 1.43 bits per heavy atom. The Hall–Kier alpha value is 0.230. The van der Waals surface area contributed by atoms with Crippen molar-refractivity contribution in [3.63, 3.8) is 0 Å². The molecule has 0 aromatic rings. The van der Waals surface area contributed by atoms with Crippen molar-refractivity contribution in [1.29, 1.82) is 0 Å². The van der Waals surface area contributed by atoms with Gasteiger partial charge in [-0.05, 0) is 38.6 Å². The highest BCUT2D eigenvalue weighted by Gasteiger charge is 2.00. The summed E-state index contributed by atoms with van der Waals surface area (Å²) in [6.07, 6.45) is 0.864. The number of hydrogen-bond acceptors (Lipinski definition) is 4. The molecule has 0 saturated heterocycles. The zero-order chi connectivity index (χ0) is 10.8. The zero-order valence-corrected chi connectivity index (χ0v) is 10.3. The van der Waals surface area contributed by atoms with E-state index in [0.717, 1.165) is 18.2 Å². The molecule has 0 aromatic heterocycles. The first-order chi connectivity index (χ1) is 6.66. The number of thioether (sulfide) groups is 1. The summed E-state index contributed by atoms with van der Waals surface area (Å²) in [5, 5.41) is 12.1. The van der Waals surface area contributed by atoms with Crippen LogP contribution in [0.15, 0.2) is 0 Å². The van der Waals surface area contributed by atoms with Crippen molar-refractivity contribution in [3.8, 4) is 0 Å². The second-order valence-electron chi connectivity index (χ2n) is 3.70. The van der Waals surface area contributed by atoms with Crippen molar-refractivity contribution in [2.45, 2.75) is 26.4 Å². The van der Waals surface area contributed by atoms with E-state index in [9.17, 15) is 0 Å². The number of ether oxygens (including phenoxy) is 1. The minimum Gasteiger partial charge on any atom is -0.391 e. The van der Waals surface area contributed by atoms with E-state index in [2.05, 4.69) is 12.2 Å². The topological polar surface area (TPSA) is 41.5 Å². The van der Waals surface area contributed by atoms with E-state index in [4.69, 9.17) is 9.84 Å². The average Bonchev–Trinajstić information content (AvgIpc) is 2.11. The number of aliphatic hydroxyl groups is 1. The number of aliphatic hydroxyl groups excluding tert-OH is 1. The fourth-order valence-electron chi connectivity index (χ4n) is 1.07. The van der Waals surface area contributed by atoms with Crippen molar-refractivity contribution in [1.82, 2.24) is 5.32 Å². The third-order valence-corrected chi connectivity index (χ3v) is 2.69. The first-order valence-corrected chi connectivity index (χ1v) is 6.30. The second-order valence-corrected chi connectivity index (χ2v) is 4.75. The summed E-state index contributed by atoms with van der Waals surface area (Å²) >= 11 is 1.79. The lowest BCUT2D eigenvalue weighted by atomic mass is 10.1. The van der Waals surface area contributed by atoms with Gasteiger partial charge >= 0.3 is 0 Å². The molecule has 0 radical (unpaired) electrons. The predicted molar refractivity (Wildman–Crippen MR) is 62.7 cm³/mol. The Labute approximate surface area is 91.6 Å². The van der Waals surface area contributed by atoms with Crippen LogP contribution >= 0.6 is 11.8 Å². The summed E-state index contributed by atoms with van der Waals surface area (Å²) in [5.41, 5.74) is 0. The van der Waals surface area contributed by atoms with Gasteiger partial charge in [-0.25, -0.2) is 0 Å². The van der Waals surface area contributed by atoms with Crippen LogP contribution in [0, 0.1) is 5.92 Å². The van der Waals surface area contributed by atoms with Crippen LogP contribution in [0.25, 0.3) is 0 Å². The Bertz CT molecular complexity index is 123. The summed E-state index contributed by atoms with van der Waals surface area (Å²) in [7, 11) is 1.98. The molecule has 0 aliphatic heterocycles. The van der Waals surface area contributed by atoms with E-state index in [1.165, 1.54) is 6.42 Å². The Balaban J connectivity index is 3.05. The van der Waals surface area contributed by atoms with Crippen LogP contribution in [0.5, 0.6) is 0 Å². The fourth-order valence-corrected chi connectivity index (χ4v) is 1.97. The third kappa shape index (κ3) is 10.3. The van der Waals surface area contributed by atoms with Gasteiger partial charge in [0.1, 0.15) is 0 Å². The van der Waals surface area contributed by atoms with Crippen LogP contribution in [0.2, 0.25) is 0 Å². The molecular formula is C10H23NO2S. The molecule has 3 nitrogen and oxygen atoms in total. The zero-order valence-electron chi connectivity index (χ0n) is 9.45. The highest BCUT2D eigenvalue weighted by molar-refractivity contribution is 7.99. The average molecular weight is 221 g/mol. The molecule has 0 saturated carbocycles. The second kappa shape index (κ2) is 9.77. The number of nitrogens with one attached hydrogen (secondary N) is 1. The SMILES string of the molecule is CNCC(C)CCSCOCC(C)O. The van der Waals surface area contributed by atoms with Gasteiger partial charge in [0.2, 0.25) is 0 Å². The molecule has 86 valence electrons. The maximum absolute atomic E-state index is 8.92. The van der Waals surface area contributed by atoms with Crippen LogP contribution in [0.4, 0.5) is 0 Å². The summed E-state index contributed by atoms with van der Waals surface area (Å²) in [4.78, 5) is 0. The minimum absolute atomic E-state index is 0.348. The molecule has 0 aliphatic rings. The van der Waals surface area contributed by atoms with Gasteiger partial charge in [-0.1, -0.05) is 6.92 Å². The molecule has 14 heavy (non-hydrogen) atoms. The van der Waals surface area contributed by atoms with Crippen molar-refractivity contribution >= 4 is 11.8 Å². The number of hydrogen-bond donors (Lipinski definition) is 2. The first-order valence-electron chi connectivity index (χ1n) is 5.15. The van der Waals surface area contributed by atoms with E-state index < -0.39 is 0 Å². The van der Waals surface area contributed by atoms with E-state index in [-0.39, 0.29) is 6.10 Å². The van der Waals surface area contributed by atoms with Crippen LogP contribution < -0.4 is 5.32 Å². The van der Waals surface area contributed by atoms with Crippen molar-refractivity contribution in [2.24, 2.45) is 5.92 Å². The van der Waals surface area contributed by atoms with Gasteiger partial charge in [-0.15, -0.1) is 11.8 Å². The Morgan fingerprint density at radius 3 is 2.71 bits per heavy atom. The molecule has 2 N–H and O–H groups in total. The molecular weight excluding hydrogens is 198 g/mol. The van der Waals surface area contributed by atoms with Crippen LogP contribution in [-0.4, -0.2) is 43.1 Å². The van der Waals surface area contributed by atoms with E-state index in [0.29, 0.717) is 12.5 Å². The number of rotatable bonds is 9. The fraction of sp³-hybridized carbons (Fsp3) is 1.00. The van der Waals surface area contributed by atoms with Gasteiger partial charge in [-0.2, -0.15) is 0 Å². The normalized spacial score (nSPS) is 15.4. The standard InChI is InChI=1S/C10H23NO2S/c1-9(6-11-3)4-5-14-8-13-7-10(2)12/h9-12H,4-8H2,1-3H3. The van der Waals surface area contributed by atoms with Gasteiger partial charge in [0.25, 0.3) is 0 Å². The van der Waals surface area contributed by atoms with Crippen LogP contribution in [-0.2, 0) is 4.74 Å². The van der Waals surface area contributed by atoms with Crippen molar-refractivity contribution in [2.75, 3.05) is 31.9 Å². The highest BCUT2D eigenvalue weighted by atomic mass is 32.2. The summed E-state index contributed by atoms with van der Waals surface area (Å²) in [6.45, 7) is 5.50. The minimum atomic E-state index is -0.348. The molecule has 0 heterocycles. The van der Waals surface area contributed by atoms with E-state index in [1.54, 1.807) is 18.7 Å². The molecule has 0 bridgehead atoms. The summed E-state index contributed by atoms with van der Waals surface area (Å²) in [6, 6.07) is 0. The Kier molecular flexibility index (Phi) is 9.93. The largest absolute Gasteiger partial charge is 0.391 e. The molecule has 0 aliphatic carbocycles. The van der Waals surface area contributed by atoms with Gasteiger partial charge in [0.05, 0.1) is 18.6 Å². The van der Waals surface area contributed by atoms with Gasteiger partial charge in [0, 0.05) is 0 Å². The highest BCUT2D eigenvalue weighted by Crippen LogP contribution is 2.08. The van der Waals surface area contributed by atoms with Gasteiger partial charge in [0.15, 0.2) is 0 Å². The van der Waals surface area contributed by atoms with Crippen molar-refractivity contribution in [3.05, 3.63) is 0 Å². The van der Waals surface area contributed by atoms with Gasteiger partial charge in [-0.3, -0.25) is 0 Å². The summed E-state index contributed by atoms with van der Waals surface area (Å²) < 4.78 is 5.23. The molecule has 0 rings (SSSR count). The predicted octanol–water partition coefficient (Wildman–Crippen LogP) is 1.32. The maximum Gasteiger partial charge on any atom is 0.0922 e. The lowest BCUT2D eigenvalue weighted by Crippen LogP contribution is -2.16. The van der Waals surface area contributed by atoms with Crippen LogP contribution in [0.1, 0.15) is 20.3 Å².